The number of hydrogen-bond donors (Lipinski definition) is 2. The predicted molar refractivity (Wildman–Crippen MR) is 73.2 cm³/mol. The number of nitrogens with one attached hydrogen (secondary N) is 1. The lowest BCUT2D eigenvalue weighted by atomic mass is 10.1. The first-order valence-corrected chi connectivity index (χ1v) is 6.38. The van der Waals surface area contributed by atoms with E-state index in [0.717, 1.165) is 0 Å². The Hall–Kier alpha value is -2.70. The van der Waals surface area contributed by atoms with Crippen LogP contribution in [0.4, 0.5) is 0 Å². The Kier molecular flexibility index (Phi) is 4.32. The molecule has 7 nitrogen and oxygen atoms in total. The second kappa shape index (κ2) is 6.17. The van der Waals surface area contributed by atoms with Crippen LogP contribution in [0.15, 0.2) is 22.7 Å². The minimum absolute atomic E-state index is 0.0904. The number of aromatic carboxylic acids is 1. The molecule has 110 valence electrons. The van der Waals surface area contributed by atoms with Crippen LogP contribution in [-0.2, 0) is 6.42 Å². The summed E-state index contributed by atoms with van der Waals surface area (Å²) in [7, 11) is 0. The summed E-state index contributed by atoms with van der Waals surface area (Å²) < 4.78 is 4.93. The molecule has 2 rings (SSSR count). The normalized spacial score (nSPS) is 10.4. The Morgan fingerprint density at radius 2 is 1.95 bits per heavy atom. The maximum atomic E-state index is 12.0. The molecule has 1 aromatic carbocycles. The summed E-state index contributed by atoms with van der Waals surface area (Å²) in [5.41, 5.74) is 1.12. The topological polar surface area (TPSA) is 105 Å². The van der Waals surface area contributed by atoms with E-state index in [1.54, 1.807) is 19.9 Å². The van der Waals surface area contributed by atoms with Crippen LogP contribution in [0.1, 0.15) is 38.0 Å². The molecule has 2 N–H and O–H groups in total. The lowest BCUT2D eigenvalue weighted by Crippen LogP contribution is -2.26. The lowest BCUT2D eigenvalue weighted by Gasteiger charge is -2.06. The van der Waals surface area contributed by atoms with Crippen molar-refractivity contribution in [3.8, 4) is 0 Å². The zero-order chi connectivity index (χ0) is 15.4. The smallest absolute Gasteiger partial charge is 0.335 e. The standard InChI is InChI=1S/C14H15N3O4/c1-8-5-10(7-11(6-8)14(19)20)13(18)15-4-3-12-16-9(2)17-21-12/h5-7H,3-4H2,1-2H3,(H,15,18)(H,19,20). The molecule has 7 heteroatoms. The highest BCUT2D eigenvalue weighted by molar-refractivity contribution is 5.97. The Labute approximate surface area is 121 Å². The largest absolute Gasteiger partial charge is 0.478 e. The SMILES string of the molecule is Cc1cc(C(=O)O)cc(C(=O)NCCc2nc(C)no2)c1. The van der Waals surface area contributed by atoms with Crippen LogP contribution in [0.3, 0.4) is 0 Å². The summed E-state index contributed by atoms with van der Waals surface area (Å²) in [5.74, 6) is -0.407. The van der Waals surface area contributed by atoms with E-state index in [-0.39, 0.29) is 11.5 Å². The van der Waals surface area contributed by atoms with Gasteiger partial charge in [-0.2, -0.15) is 4.98 Å². The van der Waals surface area contributed by atoms with Crippen molar-refractivity contribution < 1.29 is 19.2 Å². The molecule has 0 aliphatic carbocycles. The van der Waals surface area contributed by atoms with Crippen LogP contribution >= 0.6 is 0 Å². The number of carboxylic acids is 1. The van der Waals surface area contributed by atoms with Crippen LogP contribution < -0.4 is 5.32 Å². The Morgan fingerprint density at radius 3 is 2.57 bits per heavy atom. The van der Waals surface area contributed by atoms with Crippen LogP contribution in [0.25, 0.3) is 0 Å². The van der Waals surface area contributed by atoms with Crippen molar-refractivity contribution in [3.63, 3.8) is 0 Å². The fraction of sp³-hybridized carbons (Fsp3) is 0.286. The zero-order valence-corrected chi connectivity index (χ0v) is 11.7. The molecule has 0 atom stereocenters. The summed E-state index contributed by atoms with van der Waals surface area (Å²) in [4.78, 5) is 27.0. The van der Waals surface area contributed by atoms with Gasteiger partial charge in [-0.15, -0.1) is 0 Å². The third kappa shape index (κ3) is 3.88. The second-order valence-corrected chi connectivity index (χ2v) is 4.63. The number of aryl methyl sites for hydroxylation is 2. The first-order chi connectivity index (χ1) is 9.95. The number of carbonyl (C=O) groups excluding carboxylic acids is 1. The van der Waals surface area contributed by atoms with Gasteiger partial charge in [-0.05, 0) is 37.6 Å². The van der Waals surface area contributed by atoms with Crippen molar-refractivity contribution >= 4 is 11.9 Å². The number of aromatic nitrogens is 2. The molecule has 1 amide bonds. The van der Waals surface area contributed by atoms with E-state index >= 15 is 0 Å². The number of rotatable bonds is 5. The van der Waals surface area contributed by atoms with Crippen molar-refractivity contribution in [1.29, 1.82) is 0 Å². The van der Waals surface area contributed by atoms with Gasteiger partial charge in [0.05, 0.1) is 5.56 Å². The Bertz CT molecular complexity index is 679. The molecule has 0 radical (unpaired) electrons. The molecular formula is C14H15N3O4. The quantitative estimate of drug-likeness (QED) is 0.861. The van der Waals surface area contributed by atoms with Gasteiger partial charge in [0.1, 0.15) is 0 Å². The van der Waals surface area contributed by atoms with E-state index in [1.807, 2.05) is 0 Å². The number of hydrogen-bond acceptors (Lipinski definition) is 5. The number of amides is 1. The minimum Gasteiger partial charge on any atom is -0.478 e. The van der Waals surface area contributed by atoms with Crippen LogP contribution in [0.5, 0.6) is 0 Å². The van der Waals surface area contributed by atoms with Crippen molar-refractivity contribution in [1.82, 2.24) is 15.5 Å². The molecule has 0 bridgehead atoms. The number of carboxylic acid groups (broad SMARTS) is 1. The lowest BCUT2D eigenvalue weighted by molar-refractivity contribution is 0.0696. The van der Waals surface area contributed by atoms with Gasteiger partial charge in [0.15, 0.2) is 5.82 Å². The van der Waals surface area contributed by atoms with Gasteiger partial charge in [0, 0.05) is 18.5 Å². The number of nitrogens with zero attached hydrogens (tertiary/aromatic N) is 2. The highest BCUT2D eigenvalue weighted by atomic mass is 16.5. The maximum Gasteiger partial charge on any atom is 0.335 e. The van der Waals surface area contributed by atoms with E-state index < -0.39 is 5.97 Å². The number of benzene rings is 1. The zero-order valence-electron chi connectivity index (χ0n) is 11.7. The monoisotopic (exact) mass is 289 g/mol. The average molecular weight is 289 g/mol. The summed E-state index contributed by atoms with van der Waals surface area (Å²) in [6.45, 7) is 3.78. The van der Waals surface area contributed by atoms with Crippen LogP contribution in [0.2, 0.25) is 0 Å². The van der Waals surface area contributed by atoms with Gasteiger partial charge in [-0.25, -0.2) is 4.79 Å². The Balaban J connectivity index is 1.98. The van der Waals surface area contributed by atoms with Gasteiger partial charge in [0.25, 0.3) is 5.91 Å². The Morgan fingerprint density at radius 1 is 1.24 bits per heavy atom. The third-order valence-corrected chi connectivity index (χ3v) is 2.78. The molecule has 1 heterocycles. The van der Waals surface area contributed by atoms with Gasteiger partial charge in [-0.3, -0.25) is 4.79 Å². The molecule has 0 aliphatic rings. The molecule has 0 unspecified atom stereocenters. The van der Waals surface area contributed by atoms with E-state index in [1.165, 1.54) is 12.1 Å². The summed E-state index contributed by atoms with van der Waals surface area (Å²) in [5, 5.41) is 15.3. The van der Waals surface area contributed by atoms with Gasteiger partial charge in [-0.1, -0.05) is 5.16 Å². The first-order valence-electron chi connectivity index (χ1n) is 6.38. The second-order valence-electron chi connectivity index (χ2n) is 4.63. The highest BCUT2D eigenvalue weighted by Crippen LogP contribution is 2.10. The maximum absolute atomic E-state index is 12.0. The van der Waals surface area contributed by atoms with Crippen molar-refractivity contribution in [2.24, 2.45) is 0 Å². The molecule has 21 heavy (non-hydrogen) atoms. The molecule has 0 saturated heterocycles. The molecule has 0 spiro atoms. The van der Waals surface area contributed by atoms with E-state index in [4.69, 9.17) is 9.63 Å². The molecule has 2 aromatic rings. The van der Waals surface area contributed by atoms with Crippen LogP contribution in [0, 0.1) is 13.8 Å². The first kappa shape index (κ1) is 14.7. The van der Waals surface area contributed by atoms with Crippen molar-refractivity contribution in [2.45, 2.75) is 20.3 Å². The predicted octanol–water partition coefficient (Wildman–Crippen LogP) is 1.36. The molecule has 1 aromatic heterocycles. The molecular weight excluding hydrogens is 274 g/mol. The fourth-order valence-electron chi connectivity index (χ4n) is 1.86. The van der Waals surface area contributed by atoms with Gasteiger partial charge >= 0.3 is 5.97 Å². The highest BCUT2D eigenvalue weighted by Gasteiger charge is 2.11. The van der Waals surface area contributed by atoms with E-state index in [0.29, 0.717) is 35.8 Å². The molecule has 0 aliphatic heterocycles. The van der Waals surface area contributed by atoms with Crippen molar-refractivity contribution in [2.75, 3.05) is 6.54 Å². The van der Waals surface area contributed by atoms with E-state index in [9.17, 15) is 9.59 Å². The molecule has 0 saturated carbocycles. The number of carbonyl (C=O) groups is 2. The average Bonchev–Trinajstić information content (AvgIpc) is 2.83. The van der Waals surface area contributed by atoms with Crippen molar-refractivity contribution in [3.05, 3.63) is 46.6 Å². The van der Waals surface area contributed by atoms with Crippen LogP contribution in [-0.4, -0.2) is 33.7 Å². The van der Waals surface area contributed by atoms with E-state index in [2.05, 4.69) is 15.5 Å². The minimum atomic E-state index is -1.06. The molecule has 0 fully saturated rings. The third-order valence-electron chi connectivity index (χ3n) is 2.78. The van der Waals surface area contributed by atoms with Gasteiger partial charge in [0.2, 0.25) is 5.89 Å². The fourth-order valence-corrected chi connectivity index (χ4v) is 1.86. The van der Waals surface area contributed by atoms with Gasteiger partial charge < -0.3 is 14.9 Å². The summed E-state index contributed by atoms with van der Waals surface area (Å²) in [6.07, 6.45) is 0.421. The summed E-state index contributed by atoms with van der Waals surface area (Å²) in [6, 6.07) is 4.50. The summed E-state index contributed by atoms with van der Waals surface area (Å²) >= 11 is 0.